The fourth-order valence-corrected chi connectivity index (χ4v) is 1.67. The molecule has 5 nitrogen and oxygen atoms in total. The molecular weight excluding hydrogens is 208 g/mol. The summed E-state index contributed by atoms with van der Waals surface area (Å²) in [6, 6.07) is -0.118. The van der Waals surface area contributed by atoms with Crippen LogP contribution in [0.25, 0.3) is 0 Å². The molecule has 0 unspecified atom stereocenters. The second kappa shape index (κ2) is 5.01. The second-order valence-electron chi connectivity index (χ2n) is 5.04. The molecule has 0 aliphatic carbocycles. The monoisotopic (exact) mass is 230 g/mol. The molecule has 1 saturated heterocycles. The van der Waals surface area contributed by atoms with Gasteiger partial charge in [0.1, 0.15) is 5.60 Å². The summed E-state index contributed by atoms with van der Waals surface area (Å²) < 4.78 is 10.7. The standard InChI is InChI=1S/C11H22N2O3/c1-5-15-9-7-13(6-8(9)12)10(14)16-11(2,3)4/h8-9H,5-7,12H2,1-4H3/t8-,9+/m1/s1. The first-order valence-electron chi connectivity index (χ1n) is 5.68. The smallest absolute Gasteiger partial charge is 0.410 e. The lowest BCUT2D eigenvalue weighted by Gasteiger charge is -2.24. The number of rotatable bonds is 2. The molecule has 0 saturated carbocycles. The van der Waals surface area contributed by atoms with Crippen molar-refractivity contribution in [3.63, 3.8) is 0 Å². The first-order chi connectivity index (χ1) is 7.33. The van der Waals surface area contributed by atoms with E-state index in [0.717, 1.165) is 0 Å². The van der Waals surface area contributed by atoms with Gasteiger partial charge in [-0.15, -0.1) is 0 Å². The SMILES string of the molecule is CCO[C@H]1CN(C(=O)OC(C)(C)C)C[C@H]1N. The lowest BCUT2D eigenvalue weighted by Crippen LogP contribution is -2.36. The van der Waals surface area contributed by atoms with Gasteiger partial charge in [0.15, 0.2) is 0 Å². The Morgan fingerprint density at radius 2 is 2.06 bits per heavy atom. The Bertz CT molecular complexity index is 250. The highest BCUT2D eigenvalue weighted by Crippen LogP contribution is 2.16. The number of nitrogens with two attached hydrogens (primary N) is 1. The minimum atomic E-state index is -0.467. The number of likely N-dealkylation sites (tertiary alicyclic amines) is 1. The highest BCUT2D eigenvalue weighted by molar-refractivity contribution is 5.68. The average Bonchev–Trinajstić information content (AvgIpc) is 2.46. The van der Waals surface area contributed by atoms with Crippen molar-refractivity contribution in [2.75, 3.05) is 19.7 Å². The van der Waals surface area contributed by atoms with Crippen LogP contribution in [0.5, 0.6) is 0 Å². The minimum Gasteiger partial charge on any atom is -0.444 e. The maximum absolute atomic E-state index is 11.7. The first kappa shape index (κ1) is 13.3. The van der Waals surface area contributed by atoms with Crippen LogP contribution in [0.15, 0.2) is 0 Å². The van der Waals surface area contributed by atoms with Gasteiger partial charge in [-0.1, -0.05) is 0 Å². The van der Waals surface area contributed by atoms with Crippen molar-refractivity contribution in [2.24, 2.45) is 5.73 Å². The quantitative estimate of drug-likeness (QED) is 0.767. The number of amides is 1. The number of hydrogen-bond acceptors (Lipinski definition) is 4. The summed E-state index contributed by atoms with van der Waals surface area (Å²) in [6.45, 7) is 9.09. The molecule has 1 fully saturated rings. The Morgan fingerprint density at radius 1 is 1.44 bits per heavy atom. The van der Waals surface area contributed by atoms with E-state index >= 15 is 0 Å². The summed E-state index contributed by atoms with van der Waals surface area (Å²) in [4.78, 5) is 13.4. The zero-order valence-corrected chi connectivity index (χ0v) is 10.5. The Morgan fingerprint density at radius 3 is 2.56 bits per heavy atom. The van der Waals surface area contributed by atoms with Gasteiger partial charge in [0, 0.05) is 13.2 Å². The van der Waals surface area contributed by atoms with Crippen LogP contribution < -0.4 is 5.73 Å². The van der Waals surface area contributed by atoms with Crippen molar-refractivity contribution in [1.29, 1.82) is 0 Å². The maximum Gasteiger partial charge on any atom is 0.410 e. The second-order valence-corrected chi connectivity index (χ2v) is 5.04. The van der Waals surface area contributed by atoms with Crippen LogP contribution in [0.2, 0.25) is 0 Å². The lowest BCUT2D eigenvalue weighted by atomic mass is 10.2. The van der Waals surface area contributed by atoms with Gasteiger partial charge in [-0.25, -0.2) is 4.79 Å². The van der Waals surface area contributed by atoms with Crippen LogP contribution in [0.1, 0.15) is 27.7 Å². The van der Waals surface area contributed by atoms with Crippen molar-refractivity contribution in [3.05, 3.63) is 0 Å². The average molecular weight is 230 g/mol. The molecule has 0 aromatic heterocycles. The third kappa shape index (κ3) is 3.64. The van der Waals surface area contributed by atoms with E-state index < -0.39 is 5.60 Å². The summed E-state index contributed by atoms with van der Waals surface area (Å²) in [5.74, 6) is 0. The van der Waals surface area contributed by atoms with Crippen molar-refractivity contribution in [2.45, 2.75) is 45.4 Å². The number of carbonyl (C=O) groups is 1. The highest BCUT2D eigenvalue weighted by atomic mass is 16.6. The predicted octanol–water partition coefficient (Wildman–Crippen LogP) is 0.970. The largest absolute Gasteiger partial charge is 0.444 e. The topological polar surface area (TPSA) is 64.8 Å². The number of carbonyl (C=O) groups excluding carboxylic acids is 1. The van der Waals surface area contributed by atoms with E-state index in [4.69, 9.17) is 15.2 Å². The Balaban J connectivity index is 2.48. The zero-order valence-electron chi connectivity index (χ0n) is 10.5. The molecule has 2 N–H and O–H groups in total. The van der Waals surface area contributed by atoms with Gasteiger partial charge in [0.05, 0.1) is 18.7 Å². The van der Waals surface area contributed by atoms with E-state index in [2.05, 4.69) is 0 Å². The molecule has 0 bridgehead atoms. The van der Waals surface area contributed by atoms with E-state index in [-0.39, 0.29) is 18.2 Å². The molecule has 1 amide bonds. The van der Waals surface area contributed by atoms with Crippen molar-refractivity contribution in [3.8, 4) is 0 Å². The van der Waals surface area contributed by atoms with Gasteiger partial charge < -0.3 is 20.1 Å². The van der Waals surface area contributed by atoms with Crippen molar-refractivity contribution < 1.29 is 14.3 Å². The van der Waals surface area contributed by atoms with Crippen LogP contribution in [0, 0.1) is 0 Å². The van der Waals surface area contributed by atoms with E-state index in [1.807, 2.05) is 27.7 Å². The Labute approximate surface area is 96.9 Å². The first-order valence-corrected chi connectivity index (χ1v) is 5.68. The number of nitrogens with zero attached hydrogens (tertiary/aromatic N) is 1. The zero-order chi connectivity index (χ0) is 12.3. The minimum absolute atomic E-state index is 0.0717. The van der Waals surface area contributed by atoms with Crippen LogP contribution in [0.4, 0.5) is 4.79 Å². The maximum atomic E-state index is 11.7. The third-order valence-corrected chi connectivity index (χ3v) is 2.34. The highest BCUT2D eigenvalue weighted by Gasteiger charge is 2.35. The molecule has 0 aromatic rings. The molecule has 0 spiro atoms. The van der Waals surface area contributed by atoms with Crippen LogP contribution in [0.3, 0.4) is 0 Å². The summed E-state index contributed by atoms with van der Waals surface area (Å²) in [5, 5.41) is 0. The molecule has 16 heavy (non-hydrogen) atoms. The van der Waals surface area contributed by atoms with Gasteiger partial charge in [-0.05, 0) is 27.7 Å². The van der Waals surface area contributed by atoms with Gasteiger partial charge in [0.2, 0.25) is 0 Å². The molecule has 94 valence electrons. The van der Waals surface area contributed by atoms with Crippen LogP contribution in [-0.2, 0) is 9.47 Å². The van der Waals surface area contributed by atoms with Crippen LogP contribution in [-0.4, -0.2) is 48.4 Å². The summed E-state index contributed by atoms with van der Waals surface area (Å²) in [7, 11) is 0. The molecule has 0 radical (unpaired) electrons. The summed E-state index contributed by atoms with van der Waals surface area (Å²) in [5.41, 5.74) is 5.42. The molecule has 2 atom stereocenters. The Hall–Kier alpha value is -0.810. The number of hydrogen-bond donors (Lipinski definition) is 1. The molecular formula is C11H22N2O3. The van der Waals surface area contributed by atoms with Crippen LogP contribution >= 0.6 is 0 Å². The molecule has 0 aromatic carbocycles. The van der Waals surface area contributed by atoms with Gasteiger partial charge in [-0.2, -0.15) is 0 Å². The fourth-order valence-electron chi connectivity index (χ4n) is 1.67. The fraction of sp³-hybridized carbons (Fsp3) is 0.909. The van der Waals surface area contributed by atoms with E-state index in [0.29, 0.717) is 19.7 Å². The molecule has 1 heterocycles. The van der Waals surface area contributed by atoms with Gasteiger partial charge in [0.25, 0.3) is 0 Å². The van der Waals surface area contributed by atoms with Crippen molar-refractivity contribution in [1.82, 2.24) is 4.90 Å². The van der Waals surface area contributed by atoms with E-state index in [1.165, 1.54) is 0 Å². The molecule has 1 aliphatic heterocycles. The summed E-state index contributed by atoms with van der Waals surface area (Å²) in [6.07, 6.45) is -0.386. The van der Waals surface area contributed by atoms with Gasteiger partial charge in [-0.3, -0.25) is 0 Å². The molecule has 5 heteroatoms. The molecule has 1 aliphatic rings. The summed E-state index contributed by atoms with van der Waals surface area (Å²) >= 11 is 0. The number of ether oxygens (including phenoxy) is 2. The van der Waals surface area contributed by atoms with Gasteiger partial charge >= 0.3 is 6.09 Å². The third-order valence-electron chi connectivity index (χ3n) is 2.34. The molecule has 1 rings (SSSR count). The van der Waals surface area contributed by atoms with E-state index in [1.54, 1.807) is 4.90 Å². The predicted molar refractivity (Wildman–Crippen MR) is 61.2 cm³/mol. The normalized spacial score (nSPS) is 25.9. The lowest BCUT2D eigenvalue weighted by molar-refractivity contribution is 0.0220. The van der Waals surface area contributed by atoms with E-state index in [9.17, 15) is 4.79 Å². The van der Waals surface area contributed by atoms with Crippen molar-refractivity contribution >= 4 is 6.09 Å². The Kier molecular flexibility index (Phi) is 4.15.